The number of rotatable bonds is 4. The minimum Gasteiger partial charge on any atom is -0.364 e. The third-order valence-corrected chi connectivity index (χ3v) is 3.99. The van der Waals surface area contributed by atoms with Gasteiger partial charge in [-0.15, -0.1) is 0 Å². The third-order valence-electron chi connectivity index (χ3n) is 3.99. The Balaban J connectivity index is 2.33. The molecule has 0 saturated heterocycles. The van der Waals surface area contributed by atoms with Crippen LogP contribution < -0.4 is 0 Å². The van der Waals surface area contributed by atoms with Crippen LogP contribution in [0.5, 0.6) is 0 Å². The van der Waals surface area contributed by atoms with Gasteiger partial charge in [0.1, 0.15) is 17.2 Å². The minimum atomic E-state index is -1.14. The molecule has 1 nitrogen and oxygen atoms in total. The van der Waals surface area contributed by atoms with Gasteiger partial charge in [-0.3, -0.25) is 0 Å². The van der Waals surface area contributed by atoms with E-state index in [4.69, 9.17) is 4.74 Å². The van der Waals surface area contributed by atoms with E-state index >= 15 is 0 Å². The summed E-state index contributed by atoms with van der Waals surface area (Å²) in [5.41, 5.74) is 0.692. The molecule has 3 heteroatoms. The van der Waals surface area contributed by atoms with Crippen molar-refractivity contribution in [3.63, 3.8) is 0 Å². The highest BCUT2D eigenvalue weighted by Crippen LogP contribution is 2.40. The van der Waals surface area contributed by atoms with Crippen LogP contribution in [-0.2, 0) is 10.3 Å². The van der Waals surface area contributed by atoms with Crippen molar-refractivity contribution in [1.82, 2.24) is 0 Å². The Morgan fingerprint density at radius 3 is 1.87 bits per heavy atom. The van der Waals surface area contributed by atoms with Gasteiger partial charge in [0.05, 0.1) is 0 Å². The van der Waals surface area contributed by atoms with Gasteiger partial charge in [-0.05, 0) is 29.3 Å². The molecule has 0 amide bonds. The fourth-order valence-corrected chi connectivity index (χ4v) is 2.93. The van der Waals surface area contributed by atoms with Crippen molar-refractivity contribution in [2.24, 2.45) is 0 Å². The first-order valence-corrected chi connectivity index (χ1v) is 7.30. The molecule has 0 aliphatic carbocycles. The lowest BCUT2D eigenvalue weighted by molar-refractivity contribution is 0.0553. The van der Waals surface area contributed by atoms with E-state index in [0.717, 1.165) is 5.56 Å². The molecule has 0 aliphatic rings. The molecule has 0 aromatic heterocycles. The van der Waals surface area contributed by atoms with E-state index in [-0.39, 0.29) is 11.6 Å². The maximum absolute atomic E-state index is 14.6. The summed E-state index contributed by atoms with van der Waals surface area (Å²) >= 11 is 0. The van der Waals surface area contributed by atoms with E-state index < -0.39 is 5.60 Å². The van der Waals surface area contributed by atoms with Crippen molar-refractivity contribution in [3.05, 3.63) is 107 Å². The van der Waals surface area contributed by atoms with Gasteiger partial charge in [0.25, 0.3) is 0 Å². The molecule has 1 unspecified atom stereocenters. The van der Waals surface area contributed by atoms with Crippen molar-refractivity contribution in [2.75, 3.05) is 7.11 Å². The molecule has 0 aliphatic heterocycles. The molecule has 0 heterocycles. The summed E-state index contributed by atoms with van der Waals surface area (Å²) in [7, 11) is 1.53. The predicted octanol–water partition coefficient (Wildman–Crippen LogP) is 4.90. The topological polar surface area (TPSA) is 9.23 Å². The highest BCUT2D eigenvalue weighted by atomic mass is 19.1. The second-order valence-corrected chi connectivity index (χ2v) is 5.24. The van der Waals surface area contributed by atoms with Crippen LogP contribution in [0.2, 0.25) is 0 Å². The molecule has 116 valence electrons. The molecule has 1 atom stereocenters. The maximum atomic E-state index is 14.6. The highest BCUT2D eigenvalue weighted by Gasteiger charge is 2.38. The normalized spacial score (nSPS) is 13.5. The molecule has 0 radical (unpaired) electrons. The molecule has 0 bridgehead atoms. The average molecular weight is 310 g/mol. The molecular formula is C20H16F2O. The Hall–Kier alpha value is -2.52. The monoisotopic (exact) mass is 310 g/mol. The Morgan fingerprint density at radius 2 is 1.26 bits per heavy atom. The second kappa shape index (κ2) is 6.31. The molecule has 3 rings (SSSR count). The van der Waals surface area contributed by atoms with Crippen molar-refractivity contribution in [1.29, 1.82) is 0 Å². The van der Waals surface area contributed by atoms with E-state index in [1.165, 1.54) is 25.3 Å². The van der Waals surface area contributed by atoms with Gasteiger partial charge < -0.3 is 4.74 Å². The van der Waals surface area contributed by atoms with Crippen LogP contribution >= 0.6 is 0 Å². The number of benzene rings is 3. The molecule has 0 spiro atoms. The number of hydrogen-bond donors (Lipinski definition) is 0. The van der Waals surface area contributed by atoms with Crippen LogP contribution in [0.3, 0.4) is 0 Å². The van der Waals surface area contributed by atoms with Crippen molar-refractivity contribution in [3.8, 4) is 0 Å². The summed E-state index contributed by atoms with van der Waals surface area (Å²) in [6, 6.07) is 21.8. The van der Waals surface area contributed by atoms with Gasteiger partial charge >= 0.3 is 0 Å². The van der Waals surface area contributed by atoms with Crippen molar-refractivity contribution in [2.45, 2.75) is 5.60 Å². The SMILES string of the molecule is COC(c1ccccc1)(c1ccc(F)cc1)c1ccccc1F. The quantitative estimate of drug-likeness (QED) is 0.623. The van der Waals surface area contributed by atoms with Crippen LogP contribution in [0.1, 0.15) is 16.7 Å². The lowest BCUT2D eigenvalue weighted by atomic mass is 9.80. The number of hydrogen-bond acceptors (Lipinski definition) is 1. The summed E-state index contributed by atoms with van der Waals surface area (Å²) in [6.45, 7) is 0. The lowest BCUT2D eigenvalue weighted by Crippen LogP contribution is -2.32. The van der Waals surface area contributed by atoms with Crippen molar-refractivity contribution >= 4 is 0 Å². The zero-order valence-corrected chi connectivity index (χ0v) is 12.7. The van der Waals surface area contributed by atoms with Gasteiger partial charge in [0.2, 0.25) is 0 Å². The van der Waals surface area contributed by atoms with E-state index in [0.29, 0.717) is 11.1 Å². The zero-order valence-electron chi connectivity index (χ0n) is 12.7. The number of ether oxygens (including phenoxy) is 1. The molecular weight excluding hydrogens is 294 g/mol. The number of methoxy groups -OCH3 is 1. The lowest BCUT2D eigenvalue weighted by Gasteiger charge is -2.34. The van der Waals surface area contributed by atoms with Gasteiger partial charge in [-0.25, -0.2) is 8.78 Å². The first-order chi connectivity index (χ1) is 11.2. The second-order valence-electron chi connectivity index (χ2n) is 5.24. The third kappa shape index (κ3) is 2.64. The van der Waals surface area contributed by atoms with Crippen LogP contribution in [0.25, 0.3) is 0 Å². The fraction of sp³-hybridized carbons (Fsp3) is 0.100. The molecule has 0 fully saturated rings. The Labute approximate surface area is 134 Å². The van der Waals surface area contributed by atoms with Gasteiger partial charge in [0.15, 0.2) is 0 Å². The zero-order chi connectivity index (χ0) is 16.3. The van der Waals surface area contributed by atoms with Crippen LogP contribution in [-0.4, -0.2) is 7.11 Å². The van der Waals surface area contributed by atoms with E-state index in [1.807, 2.05) is 30.3 Å². The maximum Gasteiger partial charge on any atom is 0.146 e. The molecule has 0 saturated carbocycles. The van der Waals surface area contributed by atoms with Gasteiger partial charge in [0, 0.05) is 12.7 Å². The summed E-state index contributed by atoms with van der Waals surface area (Å²) < 4.78 is 33.8. The molecule has 0 N–H and O–H groups in total. The van der Waals surface area contributed by atoms with E-state index in [9.17, 15) is 8.78 Å². The largest absolute Gasteiger partial charge is 0.364 e. The summed E-state index contributed by atoms with van der Waals surface area (Å²) in [6.07, 6.45) is 0. The number of halogens is 2. The summed E-state index contributed by atoms with van der Waals surface area (Å²) in [5.74, 6) is -0.720. The van der Waals surface area contributed by atoms with Gasteiger partial charge in [-0.2, -0.15) is 0 Å². The first-order valence-electron chi connectivity index (χ1n) is 7.30. The molecule has 23 heavy (non-hydrogen) atoms. The Kier molecular flexibility index (Phi) is 4.22. The predicted molar refractivity (Wildman–Crippen MR) is 86.1 cm³/mol. The Morgan fingerprint density at radius 1 is 0.696 bits per heavy atom. The van der Waals surface area contributed by atoms with Crippen LogP contribution in [0.4, 0.5) is 8.78 Å². The molecule has 3 aromatic rings. The summed E-state index contributed by atoms with van der Waals surface area (Å²) in [5, 5.41) is 0. The standard InChI is InChI=1S/C20H16F2O/c1-23-20(15-7-3-2-4-8-15,16-11-13-17(21)14-12-16)18-9-5-6-10-19(18)22/h2-14H,1H3. The van der Waals surface area contributed by atoms with Crippen molar-refractivity contribution < 1.29 is 13.5 Å². The first kappa shape index (κ1) is 15.4. The summed E-state index contributed by atoms with van der Waals surface area (Å²) in [4.78, 5) is 0. The Bertz CT molecular complexity index is 784. The van der Waals surface area contributed by atoms with E-state index in [1.54, 1.807) is 30.3 Å². The average Bonchev–Trinajstić information content (AvgIpc) is 2.60. The highest BCUT2D eigenvalue weighted by molar-refractivity contribution is 5.47. The smallest absolute Gasteiger partial charge is 0.146 e. The fourth-order valence-electron chi connectivity index (χ4n) is 2.93. The molecule has 3 aromatic carbocycles. The van der Waals surface area contributed by atoms with Crippen LogP contribution in [0.15, 0.2) is 78.9 Å². The van der Waals surface area contributed by atoms with Gasteiger partial charge in [-0.1, -0.05) is 60.7 Å². The van der Waals surface area contributed by atoms with Crippen LogP contribution in [0, 0.1) is 11.6 Å². The minimum absolute atomic E-state index is 0.347. The van der Waals surface area contributed by atoms with E-state index in [2.05, 4.69) is 0 Å².